The summed E-state index contributed by atoms with van der Waals surface area (Å²) >= 11 is 0. The number of hydrogen-bond acceptors (Lipinski definition) is 5. The lowest BCUT2D eigenvalue weighted by molar-refractivity contribution is -0.123. The number of aliphatic hydroxyl groups is 1. The van der Waals surface area contributed by atoms with Crippen LogP contribution < -0.4 is 5.32 Å². The lowest BCUT2D eigenvalue weighted by Crippen LogP contribution is -2.40. The van der Waals surface area contributed by atoms with E-state index in [0.717, 1.165) is 5.56 Å². The van der Waals surface area contributed by atoms with E-state index in [2.05, 4.69) is 5.32 Å². The molecule has 0 heterocycles. The van der Waals surface area contributed by atoms with Crippen LogP contribution >= 0.6 is 7.60 Å². The summed E-state index contributed by atoms with van der Waals surface area (Å²) in [4.78, 5) is 12.9. The van der Waals surface area contributed by atoms with Gasteiger partial charge in [0, 0.05) is 12.5 Å². The quantitative estimate of drug-likeness (QED) is 0.666. The van der Waals surface area contributed by atoms with Crippen molar-refractivity contribution in [3.63, 3.8) is 0 Å². The number of aliphatic hydroxyl groups excluding tert-OH is 1. The molecule has 1 aromatic carbocycles. The van der Waals surface area contributed by atoms with Gasteiger partial charge < -0.3 is 19.5 Å². The highest BCUT2D eigenvalue weighted by atomic mass is 31.2. The van der Waals surface area contributed by atoms with Gasteiger partial charge in [0.15, 0.2) is 5.16 Å². The molecule has 0 unspecified atom stereocenters. The van der Waals surface area contributed by atoms with E-state index in [1.165, 1.54) is 0 Å². The van der Waals surface area contributed by atoms with E-state index in [-0.39, 0.29) is 31.8 Å². The van der Waals surface area contributed by atoms with Gasteiger partial charge in [-0.15, -0.1) is 0 Å². The minimum absolute atomic E-state index is 0.179. The SMILES string of the molecule is CCOP(=O)(OCC)[C@]1(C(=O)N[C@H](C)c2ccccc2)C[C@H]1CO. The highest BCUT2D eigenvalue weighted by Gasteiger charge is 2.72. The average molecular weight is 355 g/mol. The first-order valence-corrected chi connectivity index (χ1v) is 9.85. The Morgan fingerprint density at radius 2 is 1.92 bits per heavy atom. The average Bonchev–Trinajstić information content (AvgIpc) is 3.32. The summed E-state index contributed by atoms with van der Waals surface area (Å²) in [5, 5.41) is 11.1. The number of hydrogen-bond donors (Lipinski definition) is 2. The Bertz CT molecular complexity index is 598. The molecule has 3 atom stereocenters. The van der Waals surface area contributed by atoms with Crippen LogP contribution in [0.25, 0.3) is 0 Å². The predicted molar refractivity (Wildman–Crippen MR) is 91.8 cm³/mol. The van der Waals surface area contributed by atoms with Crippen molar-refractivity contribution in [2.45, 2.75) is 38.4 Å². The van der Waals surface area contributed by atoms with Crippen molar-refractivity contribution in [3.05, 3.63) is 35.9 Å². The Balaban J connectivity index is 2.23. The lowest BCUT2D eigenvalue weighted by Gasteiger charge is -2.28. The highest BCUT2D eigenvalue weighted by Crippen LogP contribution is 2.74. The monoisotopic (exact) mass is 355 g/mol. The first-order chi connectivity index (χ1) is 11.4. The van der Waals surface area contributed by atoms with Crippen LogP contribution in [0.4, 0.5) is 0 Å². The van der Waals surface area contributed by atoms with Crippen LogP contribution in [-0.2, 0) is 18.4 Å². The molecule has 0 spiro atoms. The maximum absolute atomic E-state index is 13.2. The topological polar surface area (TPSA) is 84.9 Å². The van der Waals surface area contributed by atoms with E-state index < -0.39 is 18.7 Å². The summed E-state index contributed by atoms with van der Waals surface area (Å²) in [5.74, 6) is -0.799. The van der Waals surface area contributed by atoms with Gasteiger partial charge >= 0.3 is 7.60 Å². The molecule has 0 aliphatic heterocycles. The number of benzene rings is 1. The van der Waals surface area contributed by atoms with Crippen LogP contribution in [0.1, 0.15) is 38.8 Å². The molecule has 7 heteroatoms. The van der Waals surface area contributed by atoms with Gasteiger partial charge in [0.2, 0.25) is 5.91 Å². The molecule has 0 bridgehead atoms. The summed E-state index contributed by atoms with van der Waals surface area (Å²) in [5.41, 5.74) is 0.949. The van der Waals surface area contributed by atoms with Gasteiger partial charge in [-0.25, -0.2) is 0 Å². The van der Waals surface area contributed by atoms with E-state index in [0.29, 0.717) is 6.42 Å². The number of amides is 1. The molecule has 1 saturated carbocycles. The van der Waals surface area contributed by atoms with Gasteiger partial charge in [-0.2, -0.15) is 0 Å². The maximum atomic E-state index is 13.2. The molecule has 0 saturated heterocycles. The first-order valence-electron chi connectivity index (χ1n) is 8.31. The normalized spacial score (nSPS) is 24.4. The zero-order valence-corrected chi connectivity index (χ0v) is 15.3. The van der Waals surface area contributed by atoms with Crippen molar-refractivity contribution in [2.75, 3.05) is 19.8 Å². The van der Waals surface area contributed by atoms with Crippen molar-refractivity contribution in [2.24, 2.45) is 5.92 Å². The molecule has 24 heavy (non-hydrogen) atoms. The summed E-state index contributed by atoms with van der Waals surface area (Å²) in [6.07, 6.45) is 0.300. The van der Waals surface area contributed by atoms with E-state index in [9.17, 15) is 14.5 Å². The van der Waals surface area contributed by atoms with Crippen molar-refractivity contribution >= 4 is 13.5 Å². The second kappa shape index (κ2) is 7.79. The zero-order chi connectivity index (χ0) is 17.8. The molecule has 134 valence electrons. The number of carbonyl (C=O) groups is 1. The summed E-state index contributed by atoms with van der Waals surface area (Å²) < 4.78 is 24.0. The third-order valence-corrected chi connectivity index (χ3v) is 7.34. The fourth-order valence-electron chi connectivity index (χ4n) is 3.02. The molecule has 2 rings (SSSR count). The number of nitrogens with one attached hydrogen (secondary N) is 1. The smallest absolute Gasteiger partial charge is 0.346 e. The molecule has 1 amide bonds. The molecular formula is C17H26NO5P. The van der Waals surface area contributed by atoms with Crippen LogP contribution in [0, 0.1) is 5.92 Å². The molecule has 2 N–H and O–H groups in total. The fraction of sp³-hybridized carbons (Fsp3) is 0.588. The Labute approximate surface area is 143 Å². The van der Waals surface area contributed by atoms with Crippen molar-refractivity contribution in [1.82, 2.24) is 5.32 Å². The summed E-state index contributed by atoms with van der Waals surface area (Å²) in [7, 11) is -3.66. The molecule has 1 fully saturated rings. The Kier molecular flexibility index (Phi) is 6.21. The Morgan fingerprint density at radius 3 is 2.38 bits per heavy atom. The molecule has 1 aliphatic rings. The molecule has 0 aromatic heterocycles. The second-order valence-electron chi connectivity index (χ2n) is 5.95. The molecule has 1 aromatic rings. The minimum Gasteiger partial charge on any atom is -0.396 e. The summed E-state index contributed by atoms with van der Waals surface area (Å²) in [6, 6.07) is 9.28. The van der Waals surface area contributed by atoms with Gasteiger partial charge in [-0.1, -0.05) is 30.3 Å². The van der Waals surface area contributed by atoms with E-state index in [1.807, 2.05) is 37.3 Å². The van der Waals surface area contributed by atoms with Gasteiger partial charge in [0.1, 0.15) is 0 Å². The van der Waals surface area contributed by atoms with Crippen LogP contribution in [0.15, 0.2) is 30.3 Å². The first kappa shape index (κ1) is 19.1. The molecule has 6 nitrogen and oxygen atoms in total. The third-order valence-electron chi connectivity index (χ3n) is 4.42. The Hall–Kier alpha value is -1.20. The van der Waals surface area contributed by atoms with E-state index >= 15 is 0 Å². The second-order valence-corrected chi connectivity index (χ2v) is 8.26. The minimum atomic E-state index is -3.66. The van der Waals surface area contributed by atoms with Gasteiger partial charge in [0.25, 0.3) is 0 Å². The van der Waals surface area contributed by atoms with Gasteiger partial charge in [0.05, 0.1) is 19.3 Å². The lowest BCUT2D eigenvalue weighted by atomic mass is 10.1. The van der Waals surface area contributed by atoms with Crippen LogP contribution in [0.5, 0.6) is 0 Å². The third kappa shape index (κ3) is 3.42. The number of carbonyl (C=O) groups excluding carboxylic acids is 1. The zero-order valence-electron chi connectivity index (χ0n) is 14.4. The largest absolute Gasteiger partial charge is 0.396 e. The van der Waals surface area contributed by atoms with E-state index in [4.69, 9.17) is 9.05 Å². The van der Waals surface area contributed by atoms with Crippen molar-refractivity contribution in [3.8, 4) is 0 Å². The molecule has 1 aliphatic carbocycles. The van der Waals surface area contributed by atoms with Crippen LogP contribution in [0.2, 0.25) is 0 Å². The maximum Gasteiger partial charge on any atom is 0.346 e. The van der Waals surface area contributed by atoms with Crippen LogP contribution in [-0.4, -0.2) is 36.0 Å². The van der Waals surface area contributed by atoms with Gasteiger partial charge in [-0.05, 0) is 32.8 Å². The van der Waals surface area contributed by atoms with Crippen molar-refractivity contribution < 1.29 is 23.5 Å². The summed E-state index contributed by atoms with van der Waals surface area (Å²) in [6.45, 7) is 5.42. The molecular weight excluding hydrogens is 329 g/mol. The Morgan fingerprint density at radius 1 is 1.33 bits per heavy atom. The number of rotatable bonds is 9. The van der Waals surface area contributed by atoms with Crippen molar-refractivity contribution in [1.29, 1.82) is 0 Å². The standard InChI is InChI=1S/C17H26NO5P/c1-4-22-24(21,23-5-2)17(11-15(17)12-19)16(20)18-13(3)14-9-7-6-8-10-14/h6-10,13,15,19H,4-5,11-12H2,1-3H3,(H,18,20)/t13-,15+,17-/m1/s1. The highest BCUT2D eigenvalue weighted by molar-refractivity contribution is 7.57. The van der Waals surface area contributed by atoms with E-state index in [1.54, 1.807) is 13.8 Å². The fourth-order valence-corrected chi connectivity index (χ4v) is 5.53. The molecule has 0 radical (unpaired) electrons. The van der Waals surface area contributed by atoms with Gasteiger partial charge in [-0.3, -0.25) is 9.36 Å². The van der Waals surface area contributed by atoms with Crippen LogP contribution in [0.3, 0.4) is 0 Å². The predicted octanol–water partition coefficient (Wildman–Crippen LogP) is 2.88.